The molecule has 1 aliphatic heterocycles. The van der Waals surface area contributed by atoms with Gasteiger partial charge in [0.25, 0.3) is 0 Å². The quantitative estimate of drug-likeness (QED) is 0.788. The topological polar surface area (TPSA) is 83.6 Å². The van der Waals surface area contributed by atoms with Crippen molar-refractivity contribution in [3.05, 3.63) is 0 Å². The van der Waals surface area contributed by atoms with Crippen LogP contribution in [-0.4, -0.2) is 40.0 Å². The Morgan fingerprint density at radius 2 is 1.95 bits per heavy atom. The molecule has 1 saturated heterocycles. The van der Waals surface area contributed by atoms with Crippen molar-refractivity contribution < 1.29 is 14.7 Å². The molecular weight excluding hydrogens is 244 g/mol. The number of nitrogens with two attached hydrogens (primary N) is 1. The van der Waals surface area contributed by atoms with E-state index in [4.69, 9.17) is 5.73 Å². The van der Waals surface area contributed by atoms with E-state index >= 15 is 0 Å². The molecule has 108 valence electrons. The van der Waals surface area contributed by atoms with Gasteiger partial charge in [-0.05, 0) is 30.6 Å². The first-order valence-corrected chi connectivity index (χ1v) is 7.04. The van der Waals surface area contributed by atoms with E-state index in [9.17, 15) is 14.7 Å². The lowest BCUT2D eigenvalue weighted by molar-refractivity contribution is -0.151. The summed E-state index contributed by atoms with van der Waals surface area (Å²) in [5.41, 5.74) is 5.68. The van der Waals surface area contributed by atoms with Crippen LogP contribution in [0.5, 0.6) is 0 Å². The van der Waals surface area contributed by atoms with E-state index < -0.39 is 18.1 Å². The van der Waals surface area contributed by atoms with Crippen molar-refractivity contribution in [3.8, 4) is 0 Å². The minimum Gasteiger partial charge on any atom is -0.480 e. The number of fused-ring (bicyclic) bond motifs is 1. The Labute approximate surface area is 114 Å². The van der Waals surface area contributed by atoms with Gasteiger partial charge in [0.05, 0.1) is 6.04 Å². The first-order valence-electron chi connectivity index (χ1n) is 7.04. The third kappa shape index (κ3) is 2.48. The summed E-state index contributed by atoms with van der Waals surface area (Å²) in [5.74, 6) is -0.754. The van der Waals surface area contributed by atoms with Gasteiger partial charge < -0.3 is 15.7 Å². The fourth-order valence-corrected chi connectivity index (χ4v) is 3.36. The average molecular weight is 268 g/mol. The summed E-state index contributed by atoms with van der Waals surface area (Å²) in [5, 5.41) is 9.34. The normalized spacial score (nSPS) is 32.2. The molecular formula is C14H24N2O3. The Kier molecular flexibility index (Phi) is 3.60. The second kappa shape index (κ2) is 4.78. The molecule has 1 amide bonds. The van der Waals surface area contributed by atoms with E-state index in [1.807, 2.05) is 20.8 Å². The Morgan fingerprint density at radius 1 is 1.32 bits per heavy atom. The molecule has 19 heavy (non-hydrogen) atoms. The number of hydrogen-bond acceptors (Lipinski definition) is 3. The molecule has 2 aliphatic rings. The number of carboxylic acids is 1. The number of nitrogens with zero attached hydrogens (tertiary/aromatic N) is 1. The predicted molar refractivity (Wildman–Crippen MR) is 71.4 cm³/mol. The van der Waals surface area contributed by atoms with Crippen molar-refractivity contribution in [2.45, 2.75) is 64.6 Å². The van der Waals surface area contributed by atoms with Gasteiger partial charge in [-0.2, -0.15) is 0 Å². The van der Waals surface area contributed by atoms with Gasteiger partial charge in [0, 0.05) is 6.04 Å². The van der Waals surface area contributed by atoms with Crippen LogP contribution in [0.4, 0.5) is 0 Å². The maximum Gasteiger partial charge on any atom is 0.326 e. The summed E-state index contributed by atoms with van der Waals surface area (Å²) < 4.78 is 0. The fraction of sp³-hybridized carbons (Fsp3) is 0.857. The molecule has 4 atom stereocenters. The lowest BCUT2D eigenvalue weighted by Gasteiger charge is -2.34. The first kappa shape index (κ1) is 14.3. The number of carbonyl (C=O) groups is 2. The summed E-state index contributed by atoms with van der Waals surface area (Å²) in [6.45, 7) is 5.73. The summed E-state index contributed by atoms with van der Waals surface area (Å²) in [6, 6.07) is -1.24. The molecule has 1 saturated carbocycles. The molecule has 2 fully saturated rings. The number of carbonyl (C=O) groups excluding carboxylic acids is 1. The van der Waals surface area contributed by atoms with Gasteiger partial charge in [0.15, 0.2) is 0 Å². The van der Waals surface area contributed by atoms with E-state index in [-0.39, 0.29) is 17.4 Å². The van der Waals surface area contributed by atoms with Crippen molar-refractivity contribution in [1.29, 1.82) is 0 Å². The van der Waals surface area contributed by atoms with Gasteiger partial charge in [-0.15, -0.1) is 0 Å². The van der Waals surface area contributed by atoms with Crippen molar-refractivity contribution in [2.75, 3.05) is 0 Å². The van der Waals surface area contributed by atoms with Crippen LogP contribution < -0.4 is 5.73 Å². The highest BCUT2D eigenvalue weighted by molar-refractivity contribution is 5.88. The first-order chi connectivity index (χ1) is 8.73. The van der Waals surface area contributed by atoms with Crippen LogP contribution >= 0.6 is 0 Å². The van der Waals surface area contributed by atoms with Gasteiger partial charge in [0.2, 0.25) is 5.91 Å². The van der Waals surface area contributed by atoms with Crippen LogP contribution in [-0.2, 0) is 9.59 Å². The third-order valence-corrected chi connectivity index (χ3v) is 4.58. The van der Waals surface area contributed by atoms with Crippen molar-refractivity contribution in [1.82, 2.24) is 4.90 Å². The number of rotatable bonds is 2. The van der Waals surface area contributed by atoms with Gasteiger partial charge in [-0.3, -0.25) is 4.79 Å². The van der Waals surface area contributed by atoms with Crippen LogP contribution in [0.25, 0.3) is 0 Å². The minimum atomic E-state index is -0.899. The molecule has 0 aromatic rings. The Bertz CT molecular complexity index is 389. The second-order valence-corrected chi connectivity index (χ2v) is 6.94. The molecule has 1 heterocycles. The van der Waals surface area contributed by atoms with Crippen molar-refractivity contribution >= 4 is 11.9 Å². The molecule has 4 unspecified atom stereocenters. The second-order valence-electron chi connectivity index (χ2n) is 6.94. The summed E-state index contributed by atoms with van der Waals surface area (Å²) >= 11 is 0. The lowest BCUT2D eigenvalue weighted by Crippen LogP contribution is -2.55. The standard InChI is InChI=1S/C14H24N2O3/c1-14(2,3)11(15)12(17)16-9-6-4-5-8(9)7-10(16)13(18)19/h8-11H,4-7,15H2,1-3H3,(H,18,19). The van der Waals surface area contributed by atoms with Gasteiger partial charge >= 0.3 is 5.97 Å². The summed E-state index contributed by atoms with van der Waals surface area (Å²) in [4.78, 5) is 25.6. The zero-order valence-corrected chi connectivity index (χ0v) is 11.9. The molecule has 2 rings (SSSR count). The zero-order chi connectivity index (χ0) is 14.4. The van der Waals surface area contributed by atoms with Gasteiger partial charge in [-0.1, -0.05) is 27.2 Å². The van der Waals surface area contributed by atoms with Gasteiger partial charge in [-0.25, -0.2) is 4.79 Å². The molecule has 5 nitrogen and oxygen atoms in total. The van der Waals surface area contributed by atoms with E-state index in [1.165, 1.54) is 0 Å². The SMILES string of the molecule is CC(C)(C)C(N)C(=O)N1C(C(=O)O)CC2CCCC21. The van der Waals surface area contributed by atoms with Crippen LogP contribution in [0.1, 0.15) is 46.5 Å². The largest absolute Gasteiger partial charge is 0.480 e. The van der Waals surface area contributed by atoms with Crippen LogP contribution in [0.15, 0.2) is 0 Å². The minimum absolute atomic E-state index is 0.0852. The highest BCUT2D eigenvalue weighted by Gasteiger charge is 2.50. The molecule has 0 spiro atoms. The van der Waals surface area contributed by atoms with Crippen LogP contribution in [0.3, 0.4) is 0 Å². The van der Waals surface area contributed by atoms with Gasteiger partial charge in [0.1, 0.15) is 6.04 Å². The zero-order valence-electron chi connectivity index (χ0n) is 11.9. The smallest absolute Gasteiger partial charge is 0.326 e. The number of hydrogen-bond donors (Lipinski definition) is 2. The van der Waals surface area contributed by atoms with E-state index in [0.717, 1.165) is 19.3 Å². The highest BCUT2D eigenvalue weighted by Crippen LogP contribution is 2.42. The van der Waals surface area contributed by atoms with E-state index in [0.29, 0.717) is 12.3 Å². The summed E-state index contributed by atoms with van der Waals surface area (Å²) in [6.07, 6.45) is 3.61. The highest BCUT2D eigenvalue weighted by atomic mass is 16.4. The van der Waals surface area contributed by atoms with E-state index in [2.05, 4.69) is 0 Å². The molecule has 0 aromatic carbocycles. The molecule has 0 bridgehead atoms. The predicted octanol–water partition coefficient (Wildman–Crippen LogP) is 1.21. The Hall–Kier alpha value is -1.10. The van der Waals surface area contributed by atoms with E-state index in [1.54, 1.807) is 4.90 Å². The Balaban J connectivity index is 2.24. The maximum absolute atomic E-state index is 12.6. The summed E-state index contributed by atoms with van der Waals surface area (Å²) in [7, 11) is 0. The monoisotopic (exact) mass is 268 g/mol. The molecule has 3 N–H and O–H groups in total. The van der Waals surface area contributed by atoms with Crippen LogP contribution in [0, 0.1) is 11.3 Å². The Morgan fingerprint density at radius 3 is 2.47 bits per heavy atom. The maximum atomic E-state index is 12.6. The van der Waals surface area contributed by atoms with Crippen LogP contribution in [0.2, 0.25) is 0 Å². The number of carboxylic acid groups (broad SMARTS) is 1. The van der Waals surface area contributed by atoms with Crippen molar-refractivity contribution in [2.24, 2.45) is 17.1 Å². The number of likely N-dealkylation sites (tertiary alicyclic amines) is 1. The molecule has 0 radical (unpaired) electrons. The average Bonchev–Trinajstić information content (AvgIpc) is 2.84. The third-order valence-electron chi connectivity index (χ3n) is 4.58. The molecule has 1 aliphatic carbocycles. The number of amides is 1. The number of aliphatic carboxylic acids is 1. The van der Waals surface area contributed by atoms with Crippen molar-refractivity contribution in [3.63, 3.8) is 0 Å². The lowest BCUT2D eigenvalue weighted by atomic mass is 9.86. The fourth-order valence-electron chi connectivity index (χ4n) is 3.36. The molecule has 5 heteroatoms. The molecule has 0 aromatic heterocycles.